The molecule has 168 valence electrons. The van der Waals surface area contributed by atoms with Gasteiger partial charge in [0.2, 0.25) is 5.91 Å². The van der Waals surface area contributed by atoms with E-state index >= 15 is 0 Å². The van der Waals surface area contributed by atoms with Gasteiger partial charge in [-0.2, -0.15) is 8.42 Å². The first-order valence-corrected chi connectivity index (χ1v) is 11.7. The maximum Gasteiger partial charge on any atom is 0.352 e. The Morgan fingerprint density at radius 2 is 1.78 bits per heavy atom. The van der Waals surface area contributed by atoms with E-state index in [2.05, 4.69) is 0 Å². The van der Waals surface area contributed by atoms with E-state index in [1.54, 1.807) is 31.2 Å². The Bertz CT molecular complexity index is 1310. The van der Waals surface area contributed by atoms with Crippen LogP contribution in [0.1, 0.15) is 13.8 Å². The predicted molar refractivity (Wildman–Crippen MR) is 118 cm³/mol. The normalized spacial score (nSPS) is 26.9. The van der Waals surface area contributed by atoms with Crippen LogP contribution in [0.4, 0.5) is 11.4 Å². The van der Waals surface area contributed by atoms with Crippen molar-refractivity contribution in [3.63, 3.8) is 0 Å². The Labute approximate surface area is 185 Å². The van der Waals surface area contributed by atoms with Crippen LogP contribution in [0.25, 0.3) is 10.8 Å². The second kappa shape index (κ2) is 6.69. The quantitative estimate of drug-likeness (QED) is 0.673. The molecular weight excluding hydrogens is 434 g/mol. The first kappa shape index (κ1) is 20.8. The average Bonchev–Trinajstić information content (AvgIpc) is 2.97. The van der Waals surface area contributed by atoms with Gasteiger partial charge in [-0.05, 0) is 30.0 Å². The summed E-state index contributed by atoms with van der Waals surface area (Å²) in [6.07, 6.45) is -0.925. The van der Waals surface area contributed by atoms with Crippen molar-refractivity contribution < 1.29 is 28.2 Å². The molecule has 3 aliphatic heterocycles. The lowest BCUT2D eigenvalue weighted by molar-refractivity contribution is -0.163. The molecular formula is C22H23N3O6S. The number of nitrogens with zero attached hydrogens (tertiary/aromatic N) is 3. The Balaban J connectivity index is 1.66. The van der Waals surface area contributed by atoms with Crippen molar-refractivity contribution in [2.45, 2.75) is 26.0 Å². The third kappa shape index (κ3) is 2.50. The van der Waals surface area contributed by atoms with Gasteiger partial charge in [-0.1, -0.05) is 31.2 Å². The molecule has 2 aromatic rings. The van der Waals surface area contributed by atoms with E-state index < -0.39 is 46.1 Å². The topological polar surface area (TPSA) is 118 Å². The van der Waals surface area contributed by atoms with Crippen LogP contribution < -0.4 is 8.61 Å². The highest BCUT2D eigenvalue weighted by atomic mass is 32.2. The number of aliphatic carboxylic acids is 1. The number of β-lactam (4-membered cyclic amide) rings is 1. The van der Waals surface area contributed by atoms with Crippen molar-refractivity contribution in [2.75, 3.05) is 22.2 Å². The number of carbonyl (C=O) groups is 2. The molecule has 2 N–H and O–H groups in total. The van der Waals surface area contributed by atoms with E-state index in [9.17, 15) is 28.2 Å². The van der Waals surface area contributed by atoms with Crippen LogP contribution in [-0.2, 0) is 19.8 Å². The van der Waals surface area contributed by atoms with Crippen molar-refractivity contribution in [2.24, 2.45) is 11.8 Å². The molecule has 5 rings (SSSR count). The van der Waals surface area contributed by atoms with Gasteiger partial charge in [0.15, 0.2) is 0 Å². The monoisotopic (exact) mass is 457 g/mol. The fourth-order valence-corrected chi connectivity index (χ4v) is 6.74. The molecule has 32 heavy (non-hydrogen) atoms. The number of amides is 1. The number of hydrogen-bond donors (Lipinski definition) is 2. The maximum atomic E-state index is 13.5. The summed E-state index contributed by atoms with van der Waals surface area (Å²) in [5.74, 6) is -2.86. The smallest absolute Gasteiger partial charge is 0.352 e. The van der Waals surface area contributed by atoms with Crippen LogP contribution in [-0.4, -0.2) is 61.1 Å². The van der Waals surface area contributed by atoms with Gasteiger partial charge in [0.1, 0.15) is 5.70 Å². The van der Waals surface area contributed by atoms with E-state index in [-0.39, 0.29) is 12.2 Å². The van der Waals surface area contributed by atoms with E-state index in [0.717, 1.165) is 10.8 Å². The van der Waals surface area contributed by atoms with Gasteiger partial charge >= 0.3 is 16.2 Å². The van der Waals surface area contributed by atoms with Gasteiger partial charge in [-0.15, -0.1) is 0 Å². The third-order valence-corrected chi connectivity index (χ3v) is 8.70. The number of carboxylic acids is 1. The molecule has 0 spiro atoms. The highest BCUT2D eigenvalue weighted by Crippen LogP contribution is 2.49. The molecule has 3 heterocycles. The summed E-state index contributed by atoms with van der Waals surface area (Å²) < 4.78 is 29.3. The number of rotatable bonds is 4. The maximum absolute atomic E-state index is 13.5. The molecule has 2 aromatic carbocycles. The number of anilines is 2. The Hall–Kier alpha value is -3.11. The van der Waals surface area contributed by atoms with Crippen LogP contribution in [0, 0.1) is 11.8 Å². The van der Waals surface area contributed by atoms with E-state index in [4.69, 9.17) is 0 Å². The van der Waals surface area contributed by atoms with Crippen LogP contribution in [0.15, 0.2) is 47.7 Å². The van der Waals surface area contributed by atoms with Gasteiger partial charge in [0, 0.05) is 18.4 Å². The molecule has 0 saturated carbocycles. The number of aliphatic hydroxyl groups excluding tert-OH is 1. The van der Waals surface area contributed by atoms with Gasteiger partial charge in [0.05, 0.1) is 36.0 Å². The molecule has 9 nitrogen and oxygen atoms in total. The second-order valence-electron chi connectivity index (χ2n) is 8.57. The van der Waals surface area contributed by atoms with E-state index in [1.165, 1.54) is 27.5 Å². The number of aliphatic hydroxyl groups is 1. The van der Waals surface area contributed by atoms with Crippen LogP contribution >= 0.6 is 0 Å². The van der Waals surface area contributed by atoms with Gasteiger partial charge in [-0.25, -0.2) is 9.10 Å². The van der Waals surface area contributed by atoms with Gasteiger partial charge < -0.3 is 15.1 Å². The average molecular weight is 458 g/mol. The number of hydrogen-bond acceptors (Lipinski definition) is 5. The highest BCUT2D eigenvalue weighted by molar-refractivity contribution is 7.94. The molecule has 4 unspecified atom stereocenters. The highest BCUT2D eigenvalue weighted by Gasteiger charge is 2.60. The SMILES string of the molecule is CC(O)C1C(=O)N2C(C(=O)O)=C(CN3c4cccc5cccc(c45)N(C)S3(=O)=O)C(C)C12. The van der Waals surface area contributed by atoms with Crippen LogP contribution in [0.2, 0.25) is 0 Å². The number of fused-ring (bicyclic) bond motifs is 1. The number of benzene rings is 2. The molecule has 4 atom stereocenters. The summed E-state index contributed by atoms with van der Waals surface area (Å²) in [6.45, 7) is 3.09. The minimum absolute atomic E-state index is 0.187. The molecule has 1 amide bonds. The van der Waals surface area contributed by atoms with Gasteiger partial charge in [0.25, 0.3) is 0 Å². The third-order valence-electron chi connectivity index (χ3n) is 6.93. The predicted octanol–water partition coefficient (Wildman–Crippen LogP) is 1.54. The first-order chi connectivity index (χ1) is 15.1. The zero-order valence-electron chi connectivity index (χ0n) is 17.8. The summed E-state index contributed by atoms with van der Waals surface area (Å²) in [5.41, 5.74) is 1.18. The molecule has 0 bridgehead atoms. The number of carbonyl (C=O) groups excluding carboxylic acids is 1. The van der Waals surface area contributed by atoms with Crippen LogP contribution in [0.5, 0.6) is 0 Å². The summed E-state index contributed by atoms with van der Waals surface area (Å²) in [7, 11) is -2.52. The Morgan fingerprint density at radius 1 is 1.16 bits per heavy atom. The molecule has 0 aliphatic carbocycles. The largest absolute Gasteiger partial charge is 0.477 e. The Kier molecular flexibility index (Phi) is 4.35. The fraction of sp³-hybridized carbons (Fsp3) is 0.364. The molecule has 1 saturated heterocycles. The molecule has 3 aliphatic rings. The Morgan fingerprint density at radius 3 is 2.38 bits per heavy atom. The van der Waals surface area contributed by atoms with Crippen molar-refractivity contribution in [1.82, 2.24) is 4.90 Å². The standard InChI is InChI=1S/C22H23N3O6S/c1-11-14(20(22(28)29)25-19(11)17(12(2)26)21(25)27)10-24-16-9-5-7-13-6-4-8-15(18(13)16)23(3)32(24,30)31/h4-9,11-12,17,19,26H,10H2,1-3H3,(H,28,29). The summed E-state index contributed by atoms with van der Waals surface area (Å²) >= 11 is 0. The fourth-order valence-electron chi connectivity index (χ4n) is 5.34. The van der Waals surface area contributed by atoms with Crippen molar-refractivity contribution in [3.05, 3.63) is 47.7 Å². The lowest BCUT2D eigenvalue weighted by Crippen LogP contribution is -2.63. The molecule has 0 aromatic heterocycles. The second-order valence-corrected chi connectivity index (χ2v) is 10.5. The molecule has 0 radical (unpaired) electrons. The summed E-state index contributed by atoms with van der Waals surface area (Å²) in [6, 6.07) is 10.3. The van der Waals surface area contributed by atoms with Crippen LogP contribution in [0.3, 0.4) is 0 Å². The van der Waals surface area contributed by atoms with Crippen molar-refractivity contribution in [3.8, 4) is 0 Å². The van der Waals surface area contributed by atoms with E-state index in [1.807, 2.05) is 12.1 Å². The minimum atomic E-state index is -3.99. The summed E-state index contributed by atoms with van der Waals surface area (Å²) in [5, 5.41) is 21.6. The van der Waals surface area contributed by atoms with Crippen molar-refractivity contribution in [1.29, 1.82) is 0 Å². The lowest BCUT2D eigenvalue weighted by Gasteiger charge is -2.46. The van der Waals surface area contributed by atoms with E-state index in [0.29, 0.717) is 16.9 Å². The number of carboxylic acid groups (broad SMARTS) is 1. The zero-order chi connectivity index (χ0) is 23.1. The first-order valence-electron chi connectivity index (χ1n) is 10.3. The van der Waals surface area contributed by atoms with Gasteiger partial charge in [-0.3, -0.25) is 9.10 Å². The minimum Gasteiger partial charge on any atom is -0.477 e. The molecule has 10 heteroatoms. The lowest BCUT2D eigenvalue weighted by atomic mass is 9.78. The molecule has 1 fully saturated rings. The summed E-state index contributed by atoms with van der Waals surface area (Å²) in [4.78, 5) is 25.9. The van der Waals surface area contributed by atoms with Crippen molar-refractivity contribution >= 4 is 44.2 Å². The zero-order valence-corrected chi connectivity index (χ0v) is 18.6.